The van der Waals surface area contributed by atoms with Gasteiger partial charge in [0, 0.05) is 25.7 Å². The molecule has 0 amide bonds. The summed E-state index contributed by atoms with van der Waals surface area (Å²) in [5.41, 5.74) is 0. The van der Waals surface area contributed by atoms with E-state index in [1.807, 2.05) is 0 Å². The van der Waals surface area contributed by atoms with E-state index in [1.54, 1.807) is 0 Å². The topological polar surface area (TPSA) is 237 Å². The molecule has 0 aromatic rings. The summed E-state index contributed by atoms with van der Waals surface area (Å²) in [7, 11) is -9.89. The van der Waals surface area contributed by atoms with E-state index in [9.17, 15) is 43.2 Å². The standard InChI is InChI=1S/C69H134O17P2/c1-7-10-12-14-16-17-18-19-20-21-24-28-35-41-47-53-68(73)85-65(58-80-67(72)52-46-40-34-27-25-22-23-26-32-37-43-49-61(4)5)60-84-88(77,78)82-56-63(70)55-81-87(75,76)83-59-64(57-79-66(71)51-45-39-31-15-13-11-8-2)86-69(74)54-48-42-36-30-29-33-38-44-50-62(6)9-3/h61-65,70H,7-60H2,1-6H3,(H,75,76)(H,77,78)/t62?,63-,64+,65+/m0/s1. The first kappa shape index (κ1) is 86.1. The summed E-state index contributed by atoms with van der Waals surface area (Å²) in [6.07, 6.45) is 45.8. The number of ether oxygens (including phenoxy) is 4. The molecule has 0 aromatic carbocycles. The molecular weight excluding hydrogens is 1160 g/mol. The van der Waals surface area contributed by atoms with Crippen molar-refractivity contribution in [2.45, 2.75) is 368 Å². The van der Waals surface area contributed by atoms with Gasteiger partial charge in [0.25, 0.3) is 0 Å². The molecule has 0 aliphatic carbocycles. The summed E-state index contributed by atoms with van der Waals surface area (Å²) < 4.78 is 68.2. The smallest absolute Gasteiger partial charge is 0.462 e. The molecule has 0 saturated carbocycles. The first-order chi connectivity index (χ1) is 42.4. The maximum Gasteiger partial charge on any atom is 0.472 e. The Bertz CT molecular complexity index is 1720. The summed E-state index contributed by atoms with van der Waals surface area (Å²) in [4.78, 5) is 72.4. The van der Waals surface area contributed by atoms with Crippen LogP contribution < -0.4 is 0 Å². The molecule has 0 heterocycles. The van der Waals surface area contributed by atoms with Crippen molar-refractivity contribution in [3.8, 4) is 0 Å². The van der Waals surface area contributed by atoms with Gasteiger partial charge in [0.05, 0.1) is 26.4 Å². The van der Waals surface area contributed by atoms with E-state index in [-0.39, 0.29) is 25.7 Å². The van der Waals surface area contributed by atoms with Gasteiger partial charge in [0.2, 0.25) is 0 Å². The lowest BCUT2D eigenvalue weighted by atomic mass is 9.99. The Morgan fingerprint density at radius 2 is 0.580 bits per heavy atom. The average molecular weight is 1300 g/mol. The number of carbonyl (C=O) groups excluding carboxylic acids is 4. The third-order valence-corrected chi connectivity index (χ3v) is 18.2. The highest BCUT2D eigenvalue weighted by molar-refractivity contribution is 7.47. The van der Waals surface area contributed by atoms with Gasteiger partial charge in [0.15, 0.2) is 12.2 Å². The van der Waals surface area contributed by atoms with Crippen molar-refractivity contribution in [3.63, 3.8) is 0 Å². The van der Waals surface area contributed by atoms with Gasteiger partial charge in [-0.05, 0) is 37.5 Å². The Labute approximate surface area is 537 Å². The van der Waals surface area contributed by atoms with Crippen molar-refractivity contribution in [2.75, 3.05) is 39.6 Å². The van der Waals surface area contributed by atoms with E-state index >= 15 is 0 Å². The molecule has 3 N–H and O–H groups in total. The number of rotatable bonds is 68. The predicted molar refractivity (Wildman–Crippen MR) is 354 cm³/mol. The van der Waals surface area contributed by atoms with Crippen LogP contribution >= 0.6 is 15.6 Å². The molecule has 0 radical (unpaired) electrons. The summed E-state index contributed by atoms with van der Waals surface area (Å²) in [5.74, 6) is -0.589. The van der Waals surface area contributed by atoms with Gasteiger partial charge in [-0.2, -0.15) is 0 Å². The number of hydrogen-bond donors (Lipinski definition) is 3. The van der Waals surface area contributed by atoms with Crippen LogP contribution in [0.2, 0.25) is 0 Å². The molecule has 0 bridgehead atoms. The predicted octanol–water partition coefficient (Wildman–Crippen LogP) is 19.6. The molecule has 0 fully saturated rings. The minimum absolute atomic E-state index is 0.105. The number of unbranched alkanes of at least 4 members (excludes halogenated alkanes) is 37. The molecular formula is C69H134O17P2. The Kier molecular flexibility index (Phi) is 59.9. The Morgan fingerprint density at radius 3 is 0.864 bits per heavy atom. The van der Waals surface area contributed by atoms with Crippen molar-refractivity contribution in [1.29, 1.82) is 0 Å². The SMILES string of the molecule is CCCCCCCCCCCCCCCCCC(=O)O[C@H](COC(=O)CCCCCCCCCCCCCC(C)C)COP(=O)(O)OC[C@@H](O)COP(=O)(O)OC[C@@H](COC(=O)CCCCCCCCC)OC(=O)CCCCCCCCCCC(C)CC. The summed E-state index contributed by atoms with van der Waals surface area (Å²) in [5, 5.41) is 10.6. The normalized spacial score (nSPS) is 14.5. The Hall–Kier alpha value is -1.94. The Morgan fingerprint density at radius 1 is 0.330 bits per heavy atom. The largest absolute Gasteiger partial charge is 0.472 e. The van der Waals surface area contributed by atoms with E-state index in [1.165, 1.54) is 154 Å². The number of phosphoric ester groups is 2. The van der Waals surface area contributed by atoms with Gasteiger partial charge < -0.3 is 33.8 Å². The van der Waals surface area contributed by atoms with Crippen molar-refractivity contribution in [3.05, 3.63) is 0 Å². The van der Waals surface area contributed by atoms with E-state index in [4.69, 9.17) is 37.0 Å². The van der Waals surface area contributed by atoms with Gasteiger partial charge >= 0.3 is 39.5 Å². The van der Waals surface area contributed by atoms with Crippen LogP contribution in [0.1, 0.15) is 350 Å². The molecule has 0 aliphatic rings. The number of aliphatic hydroxyl groups is 1. The molecule has 0 rings (SSSR count). The lowest BCUT2D eigenvalue weighted by Gasteiger charge is -2.21. The van der Waals surface area contributed by atoms with E-state index < -0.39 is 97.5 Å². The highest BCUT2D eigenvalue weighted by atomic mass is 31.2. The zero-order valence-corrected chi connectivity index (χ0v) is 58.8. The molecule has 17 nitrogen and oxygen atoms in total. The zero-order valence-electron chi connectivity index (χ0n) is 57.0. The highest BCUT2D eigenvalue weighted by Crippen LogP contribution is 2.45. The van der Waals surface area contributed by atoms with Gasteiger partial charge in [-0.25, -0.2) is 9.13 Å². The van der Waals surface area contributed by atoms with Crippen molar-refractivity contribution in [1.82, 2.24) is 0 Å². The lowest BCUT2D eigenvalue weighted by Crippen LogP contribution is -2.30. The fourth-order valence-corrected chi connectivity index (χ4v) is 12.0. The lowest BCUT2D eigenvalue weighted by molar-refractivity contribution is -0.161. The van der Waals surface area contributed by atoms with Crippen LogP contribution in [0.3, 0.4) is 0 Å². The third kappa shape index (κ3) is 61.6. The first-order valence-electron chi connectivity index (χ1n) is 36.0. The minimum Gasteiger partial charge on any atom is -0.462 e. The fourth-order valence-electron chi connectivity index (χ4n) is 10.4. The molecule has 19 heteroatoms. The average Bonchev–Trinajstić information content (AvgIpc) is 3.71. The van der Waals surface area contributed by atoms with Crippen LogP contribution in [0.15, 0.2) is 0 Å². The van der Waals surface area contributed by atoms with Crippen molar-refractivity contribution >= 4 is 39.5 Å². The zero-order chi connectivity index (χ0) is 65.0. The van der Waals surface area contributed by atoms with Crippen LogP contribution in [0, 0.1) is 11.8 Å². The number of phosphoric acid groups is 2. The van der Waals surface area contributed by atoms with Crippen LogP contribution in [0.4, 0.5) is 0 Å². The molecule has 0 aliphatic heterocycles. The number of carbonyl (C=O) groups is 4. The molecule has 0 spiro atoms. The van der Waals surface area contributed by atoms with Crippen molar-refractivity contribution < 1.29 is 80.2 Å². The Balaban J connectivity index is 5.22. The molecule has 0 aromatic heterocycles. The van der Waals surface area contributed by atoms with E-state index in [0.717, 1.165) is 115 Å². The van der Waals surface area contributed by atoms with Gasteiger partial charge in [-0.3, -0.25) is 37.3 Å². The monoisotopic (exact) mass is 1300 g/mol. The number of hydrogen-bond acceptors (Lipinski definition) is 15. The van der Waals surface area contributed by atoms with Crippen LogP contribution in [0.25, 0.3) is 0 Å². The van der Waals surface area contributed by atoms with E-state index in [0.29, 0.717) is 25.7 Å². The molecule has 6 atom stereocenters. The first-order valence-corrected chi connectivity index (χ1v) is 39.0. The van der Waals surface area contributed by atoms with E-state index in [2.05, 4.69) is 41.5 Å². The summed E-state index contributed by atoms with van der Waals surface area (Å²) in [6, 6.07) is 0. The molecule has 88 heavy (non-hydrogen) atoms. The van der Waals surface area contributed by atoms with Gasteiger partial charge in [-0.15, -0.1) is 0 Å². The summed E-state index contributed by atoms with van der Waals surface area (Å²) >= 11 is 0. The van der Waals surface area contributed by atoms with Crippen LogP contribution in [-0.4, -0.2) is 96.7 Å². The summed E-state index contributed by atoms with van der Waals surface area (Å²) in [6.45, 7) is 9.50. The number of aliphatic hydroxyl groups excluding tert-OH is 1. The second-order valence-electron chi connectivity index (χ2n) is 25.6. The second-order valence-corrected chi connectivity index (χ2v) is 28.5. The molecule has 522 valence electrons. The fraction of sp³-hybridized carbons (Fsp3) is 0.942. The third-order valence-electron chi connectivity index (χ3n) is 16.3. The van der Waals surface area contributed by atoms with Crippen molar-refractivity contribution in [2.24, 2.45) is 11.8 Å². The van der Waals surface area contributed by atoms with Gasteiger partial charge in [0.1, 0.15) is 19.3 Å². The molecule has 3 unspecified atom stereocenters. The molecule has 0 saturated heterocycles. The maximum atomic E-state index is 13.0. The van der Waals surface area contributed by atoms with Gasteiger partial charge in [-0.1, -0.05) is 298 Å². The number of esters is 4. The van der Waals surface area contributed by atoms with Crippen LogP contribution in [-0.2, 0) is 65.4 Å². The maximum absolute atomic E-state index is 13.0. The minimum atomic E-state index is -4.95. The quantitative estimate of drug-likeness (QED) is 0.0222. The highest BCUT2D eigenvalue weighted by Gasteiger charge is 2.30. The second kappa shape index (κ2) is 61.3. The van der Waals surface area contributed by atoms with Crippen LogP contribution in [0.5, 0.6) is 0 Å².